The van der Waals surface area contributed by atoms with Crippen LogP contribution in [0.3, 0.4) is 0 Å². The lowest BCUT2D eigenvalue weighted by molar-refractivity contribution is 0.0696. The van der Waals surface area contributed by atoms with E-state index in [1.165, 1.54) is 19.3 Å². The number of nitrogens with one attached hydrogen (secondary N) is 1. The van der Waals surface area contributed by atoms with Crippen molar-refractivity contribution in [2.45, 2.75) is 33.1 Å². The van der Waals surface area contributed by atoms with E-state index in [9.17, 15) is 9.90 Å². The second-order valence-corrected chi connectivity index (χ2v) is 4.62. The van der Waals surface area contributed by atoms with Crippen LogP contribution in [0.5, 0.6) is 0 Å². The first-order valence-corrected chi connectivity index (χ1v) is 5.90. The molecule has 0 spiro atoms. The third-order valence-corrected chi connectivity index (χ3v) is 3.45. The van der Waals surface area contributed by atoms with E-state index < -0.39 is 5.97 Å². The van der Waals surface area contributed by atoms with Gasteiger partial charge in [-0.3, -0.25) is 0 Å². The lowest BCUT2D eigenvalue weighted by Crippen LogP contribution is -2.23. The fourth-order valence-corrected chi connectivity index (χ4v) is 1.93. The van der Waals surface area contributed by atoms with Crippen molar-refractivity contribution in [2.75, 3.05) is 11.9 Å². The molecule has 0 aromatic carbocycles. The van der Waals surface area contributed by atoms with Crippen LogP contribution >= 0.6 is 0 Å². The number of hydrogen-bond donors (Lipinski definition) is 2. The van der Waals surface area contributed by atoms with E-state index in [0.717, 1.165) is 6.54 Å². The summed E-state index contributed by atoms with van der Waals surface area (Å²) >= 11 is 0. The predicted molar refractivity (Wildman–Crippen MR) is 64.3 cm³/mol. The molecule has 1 aromatic rings. The van der Waals surface area contributed by atoms with Gasteiger partial charge in [-0.25, -0.2) is 4.79 Å². The Labute approximate surface area is 100 Å². The van der Waals surface area contributed by atoms with E-state index in [2.05, 4.69) is 15.5 Å². The van der Waals surface area contributed by atoms with Gasteiger partial charge in [0.25, 0.3) is 0 Å². The standard InChI is InChI=1S/C12H17N3O2/c1-7-8(2)14-15-11(10(7)12(16)17)13-6-9-4-3-5-9/h9H,3-6H2,1-2H3,(H,13,15)(H,16,17). The number of aryl methyl sites for hydroxylation is 1. The number of aromatic carboxylic acids is 1. The summed E-state index contributed by atoms with van der Waals surface area (Å²) in [7, 11) is 0. The van der Waals surface area contributed by atoms with E-state index in [1.807, 2.05) is 0 Å². The van der Waals surface area contributed by atoms with Crippen LogP contribution in [0.2, 0.25) is 0 Å². The van der Waals surface area contributed by atoms with E-state index in [1.54, 1.807) is 13.8 Å². The summed E-state index contributed by atoms with van der Waals surface area (Å²) < 4.78 is 0. The summed E-state index contributed by atoms with van der Waals surface area (Å²) in [5.41, 5.74) is 1.59. The Hall–Kier alpha value is -1.65. The SMILES string of the molecule is Cc1nnc(NCC2CCC2)c(C(=O)O)c1C. The summed E-state index contributed by atoms with van der Waals surface area (Å²) in [5.74, 6) is 0.101. The molecule has 1 heterocycles. The van der Waals surface area contributed by atoms with E-state index >= 15 is 0 Å². The van der Waals surface area contributed by atoms with Crippen molar-refractivity contribution in [1.82, 2.24) is 10.2 Å². The van der Waals surface area contributed by atoms with Gasteiger partial charge in [-0.15, -0.1) is 5.10 Å². The van der Waals surface area contributed by atoms with E-state index in [4.69, 9.17) is 0 Å². The van der Waals surface area contributed by atoms with Crippen molar-refractivity contribution >= 4 is 11.8 Å². The minimum absolute atomic E-state index is 0.247. The molecule has 1 aliphatic rings. The smallest absolute Gasteiger partial charge is 0.339 e. The number of rotatable bonds is 4. The molecule has 17 heavy (non-hydrogen) atoms. The molecule has 2 N–H and O–H groups in total. The molecule has 1 aromatic heterocycles. The minimum Gasteiger partial charge on any atom is -0.478 e. The molecule has 0 unspecified atom stereocenters. The van der Waals surface area contributed by atoms with Crippen molar-refractivity contribution < 1.29 is 9.90 Å². The van der Waals surface area contributed by atoms with Crippen LogP contribution in [-0.4, -0.2) is 27.8 Å². The molecular weight excluding hydrogens is 218 g/mol. The number of carboxylic acids is 1. The lowest BCUT2D eigenvalue weighted by Gasteiger charge is -2.25. The van der Waals surface area contributed by atoms with Crippen LogP contribution in [0.4, 0.5) is 5.82 Å². The van der Waals surface area contributed by atoms with Crippen molar-refractivity contribution in [2.24, 2.45) is 5.92 Å². The van der Waals surface area contributed by atoms with Gasteiger partial charge in [-0.05, 0) is 38.2 Å². The zero-order valence-corrected chi connectivity index (χ0v) is 10.2. The second-order valence-electron chi connectivity index (χ2n) is 4.62. The number of aromatic nitrogens is 2. The maximum absolute atomic E-state index is 11.2. The van der Waals surface area contributed by atoms with Crippen LogP contribution in [0.25, 0.3) is 0 Å². The van der Waals surface area contributed by atoms with Crippen LogP contribution < -0.4 is 5.32 Å². The number of carbonyl (C=O) groups is 1. The molecule has 0 bridgehead atoms. The molecule has 2 rings (SSSR count). The van der Waals surface area contributed by atoms with Gasteiger partial charge in [0.2, 0.25) is 0 Å². The Kier molecular flexibility index (Phi) is 3.26. The molecule has 1 aliphatic carbocycles. The maximum atomic E-state index is 11.2. The van der Waals surface area contributed by atoms with Crippen LogP contribution in [0, 0.1) is 19.8 Å². The summed E-state index contributed by atoms with van der Waals surface area (Å²) in [5, 5.41) is 20.2. The van der Waals surface area contributed by atoms with Crippen LogP contribution in [-0.2, 0) is 0 Å². The summed E-state index contributed by atoms with van der Waals surface area (Å²) in [4.78, 5) is 11.2. The third kappa shape index (κ3) is 2.38. The largest absolute Gasteiger partial charge is 0.478 e. The van der Waals surface area contributed by atoms with Gasteiger partial charge >= 0.3 is 5.97 Å². The normalized spacial score (nSPS) is 15.4. The van der Waals surface area contributed by atoms with Gasteiger partial charge in [-0.2, -0.15) is 5.10 Å². The van der Waals surface area contributed by atoms with Gasteiger partial charge in [0.1, 0.15) is 5.56 Å². The van der Waals surface area contributed by atoms with Crippen molar-refractivity contribution in [3.8, 4) is 0 Å². The first-order chi connectivity index (χ1) is 8.09. The highest BCUT2D eigenvalue weighted by atomic mass is 16.4. The summed E-state index contributed by atoms with van der Waals surface area (Å²) in [6, 6.07) is 0. The van der Waals surface area contributed by atoms with Gasteiger partial charge in [0, 0.05) is 6.54 Å². The fraction of sp³-hybridized carbons (Fsp3) is 0.583. The average Bonchev–Trinajstić information content (AvgIpc) is 2.20. The Morgan fingerprint density at radius 2 is 2.12 bits per heavy atom. The van der Waals surface area contributed by atoms with Crippen molar-refractivity contribution in [3.63, 3.8) is 0 Å². The molecule has 0 radical (unpaired) electrons. The van der Waals surface area contributed by atoms with Crippen LogP contribution in [0.15, 0.2) is 0 Å². The molecule has 0 aliphatic heterocycles. The first kappa shape index (κ1) is 11.8. The van der Waals surface area contributed by atoms with Gasteiger partial charge in [0.15, 0.2) is 5.82 Å². The Morgan fingerprint density at radius 1 is 1.41 bits per heavy atom. The Balaban J connectivity index is 2.19. The Bertz CT molecular complexity index is 442. The number of carboxylic acid groups (broad SMARTS) is 1. The fourth-order valence-electron chi connectivity index (χ4n) is 1.93. The zero-order valence-electron chi connectivity index (χ0n) is 10.2. The molecule has 5 heteroatoms. The zero-order chi connectivity index (χ0) is 12.4. The molecule has 1 saturated carbocycles. The molecule has 0 saturated heterocycles. The monoisotopic (exact) mass is 235 g/mol. The average molecular weight is 235 g/mol. The molecular formula is C12H17N3O2. The Morgan fingerprint density at radius 3 is 2.65 bits per heavy atom. The predicted octanol–water partition coefficient (Wildman–Crippen LogP) is 2.00. The van der Waals surface area contributed by atoms with Crippen molar-refractivity contribution in [1.29, 1.82) is 0 Å². The quantitative estimate of drug-likeness (QED) is 0.834. The van der Waals surface area contributed by atoms with Crippen molar-refractivity contribution in [3.05, 3.63) is 16.8 Å². The molecule has 5 nitrogen and oxygen atoms in total. The van der Waals surface area contributed by atoms with E-state index in [-0.39, 0.29) is 5.56 Å². The van der Waals surface area contributed by atoms with Gasteiger partial charge in [-0.1, -0.05) is 6.42 Å². The number of nitrogens with zero attached hydrogens (tertiary/aromatic N) is 2. The van der Waals surface area contributed by atoms with Crippen LogP contribution in [0.1, 0.15) is 40.9 Å². The highest BCUT2D eigenvalue weighted by Crippen LogP contribution is 2.27. The third-order valence-electron chi connectivity index (χ3n) is 3.45. The lowest BCUT2D eigenvalue weighted by atomic mass is 9.85. The topological polar surface area (TPSA) is 75.1 Å². The molecule has 0 atom stereocenters. The van der Waals surface area contributed by atoms with E-state index in [0.29, 0.717) is 23.0 Å². The molecule has 92 valence electrons. The maximum Gasteiger partial charge on any atom is 0.339 e. The second kappa shape index (κ2) is 4.69. The minimum atomic E-state index is -0.948. The molecule has 1 fully saturated rings. The number of anilines is 1. The summed E-state index contributed by atoms with van der Waals surface area (Å²) in [6.45, 7) is 4.32. The molecule has 0 amide bonds. The van der Waals surface area contributed by atoms with Gasteiger partial charge in [0.05, 0.1) is 5.69 Å². The highest BCUT2D eigenvalue weighted by molar-refractivity contribution is 5.94. The first-order valence-electron chi connectivity index (χ1n) is 5.90. The summed E-state index contributed by atoms with van der Waals surface area (Å²) in [6.07, 6.45) is 3.71. The number of hydrogen-bond acceptors (Lipinski definition) is 4. The highest BCUT2D eigenvalue weighted by Gasteiger charge is 2.21. The van der Waals surface area contributed by atoms with Gasteiger partial charge < -0.3 is 10.4 Å².